The Morgan fingerprint density at radius 3 is 2.11 bits per heavy atom. The largest absolute Gasteiger partial charge is 0.478 e. The molecule has 0 unspecified atom stereocenters. The fraction of sp³-hybridized carbons (Fsp3) is 0.448. The molecule has 0 aliphatic heterocycles. The van der Waals surface area contributed by atoms with Gasteiger partial charge in [-0.15, -0.1) is 0 Å². The van der Waals surface area contributed by atoms with Gasteiger partial charge in [0.15, 0.2) is 6.29 Å². The lowest BCUT2D eigenvalue weighted by Gasteiger charge is -2.19. The second-order valence-corrected chi connectivity index (χ2v) is 9.99. The topological polar surface area (TPSA) is 82.7 Å². The van der Waals surface area contributed by atoms with Crippen molar-refractivity contribution >= 4 is 5.97 Å². The van der Waals surface area contributed by atoms with Crippen LogP contribution in [-0.4, -0.2) is 34.4 Å². The first-order chi connectivity index (χ1) is 17.2. The molecule has 194 valence electrons. The summed E-state index contributed by atoms with van der Waals surface area (Å²) in [5.41, 5.74) is 4.35. The van der Waals surface area contributed by atoms with Gasteiger partial charge in [0, 0.05) is 26.5 Å². The molecule has 2 aromatic carbocycles. The SMILES string of the molecule is COC(OC)c1c(CCC(C)C)n(Cc2ccc(-c3ccccc3C(=O)O)cc2)c(=O)n1CC(C)C. The Bertz CT molecular complexity index is 1220. The number of carboxylic acid groups (broad SMARTS) is 1. The quantitative estimate of drug-likeness (QED) is 0.332. The van der Waals surface area contributed by atoms with Crippen molar-refractivity contribution in [3.63, 3.8) is 0 Å². The van der Waals surface area contributed by atoms with Gasteiger partial charge in [-0.1, -0.05) is 70.2 Å². The number of hydrogen-bond donors (Lipinski definition) is 1. The number of aromatic carboxylic acids is 1. The fourth-order valence-corrected chi connectivity index (χ4v) is 4.53. The van der Waals surface area contributed by atoms with E-state index >= 15 is 0 Å². The zero-order chi connectivity index (χ0) is 26.4. The molecule has 3 aromatic rings. The van der Waals surface area contributed by atoms with Crippen LogP contribution in [0.15, 0.2) is 53.3 Å². The normalized spacial score (nSPS) is 11.7. The maximum absolute atomic E-state index is 13.7. The standard InChI is InChI=1S/C29H38N2O5/c1-19(2)11-16-25-26(28(35-5)36-6)31(17-20(3)4)29(34)30(25)18-21-12-14-22(15-13-21)23-9-7-8-10-24(23)27(32)33/h7-10,12-15,19-20,28H,11,16-18H2,1-6H3,(H,32,33). The van der Waals surface area contributed by atoms with Crippen molar-refractivity contribution in [3.05, 3.63) is 81.5 Å². The van der Waals surface area contributed by atoms with Gasteiger partial charge in [0.05, 0.1) is 17.8 Å². The van der Waals surface area contributed by atoms with Crippen LogP contribution in [0, 0.1) is 11.8 Å². The Morgan fingerprint density at radius 1 is 0.917 bits per heavy atom. The minimum absolute atomic E-state index is 0.0724. The summed E-state index contributed by atoms with van der Waals surface area (Å²) in [5, 5.41) is 9.54. The Kier molecular flexibility index (Phi) is 9.29. The summed E-state index contributed by atoms with van der Waals surface area (Å²) in [5.74, 6) is -0.203. The number of carbonyl (C=O) groups is 1. The predicted molar refractivity (Wildman–Crippen MR) is 141 cm³/mol. The van der Waals surface area contributed by atoms with Crippen LogP contribution < -0.4 is 5.69 Å². The summed E-state index contributed by atoms with van der Waals surface area (Å²) in [6.07, 6.45) is 1.04. The highest BCUT2D eigenvalue weighted by Gasteiger charge is 2.27. The van der Waals surface area contributed by atoms with Gasteiger partial charge in [-0.05, 0) is 47.4 Å². The molecular weight excluding hydrogens is 456 g/mol. The summed E-state index contributed by atoms with van der Waals surface area (Å²) in [4.78, 5) is 25.3. The number of benzene rings is 2. The molecule has 0 spiro atoms. The molecule has 0 atom stereocenters. The third-order valence-corrected chi connectivity index (χ3v) is 6.29. The van der Waals surface area contributed by atoms with Gasteiger partial charge in [0.2, 0.25) is 0 Å². The van der Waals surface area contributed by atoms with E-state index in [0.717, 1.165) is 35.4 Å². The predicted octanol–water partition coefficient (Wildman–Crippen LogP) is 5.60. The molecule has 7 heteroatoms. The van der Waals surface area contributed by atoms with E-state index in [4.69, 9.17) is 9.47 Å². The van der Waals surface area contributed by atoms with E-state index in [2.05, 4.69) is 27.7 Å². The van der Waals surface area contributed by atoms with Gasteiger partial charge < -0.3 is 14.6 Å². The molecule has 0 bridgehead atoms. The highest BCUT2D eigenvalue weighted by molar-refractivity contribution is 5.95. The molecule has 0 amide bonds. The van der Waals surface area contributed by atoms with Crippen LogP contribution in [0.3, 0.4) is 0 Å². The van der Waals surface area contributed by atoms with Crippen LogP contribution in [0.1, 0.15) is 67.7 Å². The van der Waals surface area contributed by atoms with Crippen molar-refractivity contribution in [2.75, 3.05) is 14.2 Å². The van der Waals surface area contributed by atoms with Crippen molar-refractivity contribution in [1.29, 1.82) is 0 Å². The minimum Gasteiger partial charge on any atom is -0.478 e. The second kappa shape index (κ2) is 12.2. The summed E-state index contributed by atoms with van der Waals surface area (Å²) in [7, 11) is 3.19. The lowest BCUT2D eigenvalue weighted by Crippen LogP contribution is -2.28. The van der Waals surface area contributed by atoms with Gasteiger partial charge in [-0.3, -0.25) is 9.13 Å². The Labute approximate surface area is 213 Å². The monoisotopic (exact) mass is 494 g/mol. The number of carboxylic acids is 1. The van der Waals surface area contributed by atoms with E-state index in [1.165, 1.54) is 0 Å². The van der Waals surface area contributed by atoms with Crippen LogP contribution in [-0.2, 0) is 29.0 Å². The first-order valence-corrected chi connectivity index (χ1v) is 12.5. The number of methoxy groups -OCH3 is 2. The van der Waals surface area contributed by atoms with Crippen LogP contribution in [0.25, 0.3) is 11.1 Å². The van der Waals surface area contributed by atoms with E-state index < -0.39 is 12.3 Å². The molecule has 0 radical (unpaired) electrons. The number of rotatable bonds is 12. The molecule has 0 aliphatic carbocycles. The van der Waals surface area contributed by atoms with E-state index in [-0.39, 0.29) is 17.2 Å². The highest BCUT2D eigenvalue weighted by Crippen LogP contribution is 2.27. The van der Waals surface area contributed by atoms with Crippen molar-refractivity contribution < 1.29 is 19.4 Å². The first-order valence-electron chi connectivity index (χ1n) is 12.5. The third kappa shape index (κ3) is 6.15. The van der Waals surface area contributed by atoms with Gasteiger partial charge in [-0.2, -0.15) is 0 Å². The fourth-order valence-electron chi connectivity index (χ4n) is 4.53. The number of nitrogens with zero attached hydrogens (tertiary/aromatic N) is 2. The lowest BCUT2D eigenvalue weighted by atomic mass is 9.98. The molecule has 1 heterocycles. The average molecular weight is 495 g/mol. The molecule has 3 rings (SSSR count). The molecular formula is C29H38N2O5. The Balaban J connectivity index is 2.06. The summed E-state index contributed by atoms with van der Waals surface area (Å²) >= 11 is 0. The molecule has 1 N–H and O–H groups in total. The number of ether oxygens (including phenoxy) is 2. The number of imidazole rings is 1. The maximum atomic E-state index is 13.7. The molecule has 0 saturated heterocycles. The molecule has 0 fully saturated rings. The van der Waals surface area contributed by atoms with Gasteiger partial charge >= 0.3 is 11.7 Å². The van der Waals surface area contributed by atoms with Crippen LogP contribution in [0.2, 0.25) is 0 Å². The first kappa shape index (κ1) is 27.4. The van der Waals surface area contributed by atoms with Crippen molar-refractivity contribution in [2.24, 2.45) is 11.8 Å². The lowest BCUT2D eigenvalue weighted by molar-refractivity contribution is -0.111. The van der Waals surface area contributed by atoms with E-state index in [1.807, 2.05) is 34.9 Å². The van der Waals surface area contributed by atoms with Crippen LogP contribution in [0.5, 0.6) is 0 Å². The zero-order valence-electron chi connectivity index (χ0n) is 22.2. The van der Waals surface area contributed by atoms with Gasteiger partial charge in [0.25, 0.3) is 0 Å². The van der Waals surface area contributed by atoms with E-state index in [0.29, 0.717) is 24.6 Å². The molecule has 1 aromatic heterocycles. The number of aromatic nitrogens is 2. The summed E-state index contributed by atoms with van der Waals surface area (Å²) in [6.45, 7) is 9.50. The van der Waals surface area contributed by atoms with E-state index in [9.17, 15) is 14.7 Å². The summed E-state index contributed by atoms with van der Waals surface area (Å²) < 4.78 is 14.9. The van der Waals surface area contributed by atoms with Gasteiger partial charge in [0.1, 0.15) is 0 Å². The molecule has 0 aliphatic rings. The van der Waals surface area contributed by atoms with Crippen molar-refractivity contribution in [3.8, 4) is 11.1 Å². The van der Waals surface area contributed by atoms with E-state index in [1.54, 1.807) is 37.0 Å². The Morgan fingerprint density at radius 2 is 1.56 bits per heavy atom. The zero-order valence-corrected chi connectivity index (χ0v) is 22.2. The van der Waals surface area contributed by atoms with Crippen LogP contribution in [0.4, 0.5) is 0 Å². The average Bonchev–Trinajstić information content (AvgIpc) is 3.09. The highest BCUT2D eigenvalue weighted by atomic mass is 16.7. The molecule has 7 nitrogen and oxygen atoms in total. The third-order valence-electron chi connectivity index (χ3n) is 6.29. The number of hydrogen-bond acceptors (Lipinski definition) is 4. The molecule has 0 saturated carbocycles. The Hall–Kier alpha value is -3.16. The van der Waals surface area contributed by atoms with Gasteiger partial charge in [-0.25, -0.2) is 9.59 Å². The minimum atomic E-state index is -0.958. The smallest absolute Gasteiger partial charge is 0.336 e. The maximum Gasteiger partial charge on any atom is 0.336 e. The van der Waals surface area contributed by atoms with Crippen molar-refractivity contribution in [1.82, 2.24) is 9.13 Å². The summed E-state index contributed by atoms with van der Waals surface area (Å²) in [6, 6.07) is 14.7. The van der Waals surface area contributed by atoms with Crippen molar-refractivity contribution in [2.45, 2.75) is 59.9 Å². The van der Waals surface area contributed by atoms with Crippen LogP contribution >= 0.6 is 0 Å². The second-order valence-electron chi connectivity index (χ2n) is 9.99. The molecule has 36 heavy (non-hydrogen) atoms.